The second-order valence-corrected chi connectivity index (χ2v) is 5.07. The van der Waals surface area contributed by atoms with E-state index in [0.717, 1.165) is 11.1 Å². The van der Waals surface area contributed by atoms with Crippen molar-refractivity contribution in [2.75, 3.05) is 0 Å². The maximum atomic E-state index is 12.8. The van der Waals surface area contributed by atoms with E-state index in [0.29, 0.717) is 17.3 Å². The fraction of sp³-hybridized carbons (Fsp3) is 0.118. The third-order valence-electron chi connectivity index (χ3n) is 3.28. The lowest BCUT2D eigenvalue weighted by Crippen LogP contribution is -2.23. The lowest BCUT2D eigenvalue weighted by Gasteiger charge is -2.01. The summed E-state index contributed by atoms with van der Waals surface area (Å²) in [6.45, 7) is 2.12. The third-order valence-corrected chi connectivity index (χ3v) is 3.28. The smallest absolute Gasteiger partial charge is 0.257 e. The predicted molar refractivity (Wildman–Crippen MR) is 82.0 cm³/mol. The van der Waals surface area contributed by atoms with Crippen LogP contribution in [0.1, 0.15) is 21.7 Å². The summed E-state index contributed by atoms with van der Waals surface area (Å²) in [6, 6.07) is 13.0. The van der Waals surface area contributed by atoms with Crippen LogP contribution in [-0.4, -0.2) is 16.0 Å². The number of benzene rings is 2. The van der Waals surface area contributed by atoms with E-state index in [4.69, 9.17) is 4.52 Å². The van der Waals surface area contributed by atoms with E-state index in [2.05, 4.69) is 15.5 Å². The molecule has 5 nitrogen and oxygen atoms in total. The summed E-state index contributed by atoms with van der Waals surface area (Å²) in [4.78, 5) is 16.2. The van der Waals surface area contributed by atoms with Gasteiger partial charge in [0.2, 0.25) is 0 Å². The molecule has 0 atom stereocenters. The van der Waals surface area contributed by atoms with Crippen molar-refractivity contribution >= 4 is 5.91 Å². The van der Waals surface area contributed by atoms with E-state index < -0.39 is 0 Å². The lowest BCUT2D eigenvalue weighted by atomic mass is 10.1. The van der Waals surface area contributed by atoms with Crippen LogP contribution < -0.4 is 5.32 Å². The summed E-state index contributed by atoms with van der Waals surface area (Å²) >= 11 is 0. The molecule has 1 N–H and O–H groups in total. The average Bonchev–Trinajstić information content (AvgIpc) is 3.03. The van der Waals surface area contributed by atoms with Gasteiger partial charge in [0.15, 0.2) is 5.82 Å². The minimum absolute atomic E-state index is 0.131. The zero-order valence-electron chi connectivity index (χ0n) is 12.4. The van der Waals surface area contributed by atoms with Crippen LogP contribution in [0.4, 0.5) is 4.39 Å². The highest BCUT2D eigenvalue weighted by molar-refractivity contribution is 5.94. The quantitative estimate of drug-likeness (QED) is 0.804. The van der Waals surface area contributed by atoms with Crippen LogP contribution in [0.2, 0.25) is 0 Å². The molecule has 23 heavy (non-hydrogen) atoms. The van der Waals surface area contributed by atoms with Crippen molar-refractivity contribution in [2.24, 2.45) is 0 Å². The Labute approximate surface area is 132 Å². The minimum atomic E-state index is -0.387. The number of aryl methyl sites for hydroxylation is 1. The van der Waals surface area contributed by atoms with E-state index in [1.165, 1.54) is 24.3 Å². The van der Waals surface area contributed by atoms with Gasteiger partial charge in [0, 0.05) is 11.1 Å². The fourth-order valence-electron chi connectivity index (χ4n) is 2.00. The number of carbonyl (C=O) groups is 1. The second kappa shape index (κ2) is 6.39. The summed E-state index contributed by atoms with van der Waals surface area (Å²) < 4.78 is 18.0. The first-order valence-corrected chi connectivity index (χ1v) is 7.05. The van der Waals surface area contributed by atoms with Gasteiger partial charge in [0.05, 0.1) is 6.54 Å². The highest BCUT2D eigenvalue weighted by Gasteiger charge is 2.11. The molecule has 0 spiro atoms. The average molecular weight is 311 g/mol. The molecule has 0 radical (unpaired) electrons. The van der Waals surface area contributed by atoms with Crippen molar-refractivity contribution in [1.82, 2.24) is 15.5 Å². The van der Waals surface area contributed by atoms with E-state index >= 15 is 0 Å². The number of amides is 1. The van der Waals surface area contributed by atoms with Crippen LogP contribution in [0.15, 0.2) is 53.1 Å². The van der Waals surface area contributed by atoms with Crippen molar-refractivity contribution in [1.29, 1.82) is 0 Å². The van der Waals surface area contributed by atoms with Crippen molar-refractivity contribution in [3.05, 3.63) is 71.3 Å². The van der Waals surface area contributed by atoms with Crippen LogP contribution in [0, 0.1) is 12.7 Å². The van der Waals surface area contributed by atoms with Gasteiger partial charge in [-0.3, -0.25) is 4.79 Å². The van der Waals surface area contributed by atoms with Gasteiger partial charge in [0.25, 0.3) is 11.8 Å². The number of nitrogens with zero attached hydrogens (tertiary/aromatic N) is 2. The summed E-state index contributed by atoms with van der Waals surface area (Å²) in [6.07, 6.45) is 0. The van der Waals surface area contributed by atoms with Gasteiger partial charge in [-0.1, -0.05) is 22.9 Å². The van der Waals surface area contributed by atoms with Gasteiger partial charge in [-0.25, -0.2) is 4.39 Å². The molecule has 3 aromatic rings. The SMILES string of the molecule is Cc1ccc(-c2nc(CNC(=O)c3ccc(F)cc3)no2)cc1. The first-order chi connectivity index (χ1) is 11.1. The van der Waals surface area contributed by atoms with Gasteiger partial charge in [0.1, 0.15) is 5.82 Å². The van der Waals surface area contributed by atoms with E-state index in [1.807, 2.05) is 31.2 Å². The number of hydrogen-bond donors (Lipinski definition) is 1. The largest absolute Gasteiger partial charge is 0.345 e. The number of rotatable bonds is 4. The normalized spacial score (nSPS) is 10.5. The molecule has 0 saturated carbocycles. The molecule has 0 bridgehead atoms. The Morgan fingerprint density at radius 2 is 1.83 bits per heavy atom. The highest BCUT2D eigenvalue weighted by Crippen LogP contribution is 2.17. The maximum Gasteiger partial charge on any atom is 0.257 e. The van der Waals surface area contributed by atoms with Gasteiger partial charge < -0.3 is 9.84 Å². The van der Waals surface area contributed by atoms with Crippen LogP contribution in [0.25, 0.3) is 11.5 Å². The first-order valence-electron chi connectivity index (χ1n) is 7.05. The van der Waals surface area contributed by atoms with Crippen LogP contribution >= 0.6 is 0 Å². The minimum Gasteiger partial charge on any atom is -0.345 e. The van der Waals surface area contributed by atoms with Gasteiger partial charge in [-0.2, -0.15) is 4.98 Å². The Hall–Kier alpha value is -3.02. The maximum absolute atomic E-state index is 12.8. The van der Waals surface area contributed by atoms with Crippen molar-refractivity contribution in [2.45, 2.75) is 13.5 Å². The molecule has 0 saturated heterocycles. The molecule has 116 valence electrons. The molecule has 1 aromatic heterocycles. The fourth-order valence-corrected chi connectivity index (χ4v) is 2.00. The third kappa shape index (κ3) is 3.60. The standard InChI is InChI=1S/C17H14FN3O2/c1-11-2-4-13(5-3-11)17-20-15(21-23-17)10-19-16(22)12-6-8-14(18)9-7-12/h2-9H,10H2,1H3,(H,19,22). The molecule has 0 aliphatic rings. The molecule has 2 aromatic carbocycles. The van der Waals surface area contributed by atoms with Crippen LogP contribution in [0.3, 0.4) is 0 Å². The topological polar surface area (TPSA) is 68.0 Å². The van der Waals surface area contributed by atoms with Crippen molar-refractivity contribution < 1.29 is 13.7 Å². The van der Waals surface area contributed by atoms with Crippen LogP contribution in [0.5, 0.6) is 0 Å². The molecule has 1 heterocycles. The Balaban J connectivity index is 1.64. The summed E-state index contributed by atoms with van der Waals surface area (Å²) in [5.41, 5.74) is 2.33. The second-order valence-electron chi connectivity index (χ2n) is 5.07. The molecule has 0 aliphatic carbocycles. The zero-order chi connectivity index (χ0) is 16.2. The summed E-state index contributed by atoms with van der Waals surface area (Å²) in [5.74, 6) is 0.0567. The Bertz CT molecular complexity index is 811. The zero-order valence-corrected chi connectivity index (χ0v) is 12.4. The Morgan fingerprint density at radius 3 is 2.52 bits per heavy atom. The van der Waals surface area contributed by atoms with Gasteiger partial charge in [-0.15, -0.1) is 0 Å². The number of hydrogen-bond acceptors (Lipinski definition) is 4. The van der Waals surface area contributed by atoms with Crippen molar-refractivity contribution in [3.63, 3.8) is 0 Å². The monoisotopic (exact) mass is 311 g/mol. The molecule has 6 heteroatoms. The van der Waals surface area contributed by atoms with Gasteiger partial charge in [-0.05, 0) is 43.3 Å². The Morgan fingerprint density at radius 1 is 1.13 bits per heavy atom. The predicted octanol–water partition coefficient (Wildman–Crippen LogP) is 3.11. The first kappa shape index (κ1) is 14.9. The summed E-state index contributed by atoms with van der Waals surface area (Å²) in [5, 5.41) is 6.50. The molecular formula is C17H14FN3O2. The molecule has 0 aliphatic heterocycles. The van der Waals surface area contributed by atoms with Gasteiger partial charge >= 0.3 is 0 Å². The lowest BCUT2D eigenvalue weighted by molar-refractivity contribution is 0.0949. The molecule has 0 fully saturated rings. The van der Waals surface area contributed by atoms with Crippen LogP contribution in [-0.2, 0) is 6.54 Å². The highest BCUT2D eigenvalue weighted by atomic mass is 19.1. The van der Waals surface area contributed by atoms with E-state index in [9.17, 15) is 9.18 Å². The number of carbonyl (C=O) groups excluding carboxylic acids is 1. The molecular weight excluding hydrogens is 297 g/mol. The number of nitrogens with one attached hydrogen (secondary N) is 1. The molecule has 3 rings (SSSR count). The van der Waals surface area contributed by atoms with E-state index in [1.54, 1.807) is 0 Å². The van der Waals surface area contributed by atoms with E-state index in [-0.39, 0.29) is 18.3 Å². The number of halogens is 1. The molecule has 0 unspecified atom stereocenters. The number of aromatic nitrogens is 2. The Kier molecular flexibility index (Phi) is 4.14. The summed E-state index contributed by atoms with van der Waals surface area (Å²) in [7, 11) is 0. The van der Waals surface area contributed by atoms with Crippen molar-refractivity contribution in [3.8, 4) is 11.5 Å². The molecule has 1 amide bonds.